The molecule has 0 spiro atoms. The summed E-state index contributed by atoms with van der Waals surface area (Å²) >= 11 is 0. The molecular weight excluding hydrogens is 398 g/mol. The fraction of sp³-hybridized carbons (Fsp3) is 0.100. The van der Waals surface area contributed by atoms with Gasteiger partial charge in [0.25, 0.3) is 17.4 Å². The summed E-state index contributed by atoms with van der Waals surface area (Å²) in [5.74, 6) is -1.33. The molecule has 10 heteroatoms. The molecule has 0 fully saturated rings. The molecule has 8 nitrogen and oxygen atoms in total. The van der Waals surface area contributed by atoms with E-state index in [1.54, 1.807) is 24.3 Å². The van der Waals surface area contributed by atoms with Crippen LogP contribution in [0.15, 0.2) is 59.4 Å². The Morgan fingerprint density at radius 1 is 1.07 bits per heavy atom. The SMILES string of the molecule is Cn1nc(C(=O)NNC(=O)/C=C/c2ccc(OC(F)F)cc2)c2ccccc2c1=O. The number of aromatic nitrogens is 2. The molecule has 0 saturated heterocycles. The Bertz CT molecular complexity index is 1170. The van der Waals surface area contributed by atoms with Crippen LogP contribution in [-0.2, 0) is 11.8 Å². The van der Waals surface area contributed by atoms with E-state index in [4.69, 9.17) is 0 Å². The number of hydrazine groups is 1. The third-order valence-corrected chi connectivity index (χ3v) is 4.00. The maximum Gasteiger partial charge on any atom is 0.387 e. The maximum absolute atomic E-state index is 12.4. The molecule has 2 N–H and O–H groups in total. The lowest BCUT2D eigenvalue weighted by Crippen LogP contribution is -2.42. The number of hydrogen-bond acceptors (Lipinski definition) is 5. The molecule has 0 unspecified atom stereocenters. The highest BCUT2D eigenvalue weighted by Crippen LogP contribution is 2.15. The van der Waals surface area contributed by atoms with Gasteiger partial charge in [0.1, 0.15) is 5.75 Å². The van der Waals surface area contributed by atoms with Crippen molar-refractivity contribution in [2.24, 2.45) is 7.05 Å². The van der Waals surface area contributed by atoms with Crippen LogP contribution in [0, 0.1) is 0 Å². The summed E-state index contributed by atoms with van der Waals surface area (Å²) in [5.41, 5.74) is 4.63. The molecule has 1 heterocycles. The van der Waals surface area contributed by atoms with Gasteiger partial charge in [-0.15, -0.1) is 0 Å². The van der Waals surface area contributed by atoms with Gasteiger partial charge < -0.3 is 4.74 Å². The minimum absolute atomic E-state index is 0.00384. The monoisotopic (exact) mass is 414 g/mol. The highest BCUT2D eigenvalue weighted by molar-refractivity contribution is 6.05. The van der Waals surface area contributed by atoms with E-state index in [9.17, 15) is 23.2 Å². The van der Waals surface area contributed by atoms with E-state index in [1.807, 2.05) is 0 Å². The van der Waals surface area contributed by atoms with Gasteiger partial charge in [0.2, 0.25) is 0 Å². The number of hydrogen-bond donors (Lipinski definition) is 2. The number of nitrogens with one attached hydrogen (secondary N) is 2. The van der Waals surface area contributed by atoms with Crippen molar-refractivity contribution in [1.82, 2.24) is 20.6 Å². The Kier molecular flexibility index (Phi) is 6.16. The van der Waals surface area contributed by atoms with E-state index in [0.717, 1.165) is 10.8 Å². The first-order chi connectivity index (χ1) is 14.3. The smallest absolute Gasteiger partial charge is 0.387 e. The molecule has 2 aromatic carbocycles. The second-order valence-corrected chi connectivity index (χ2v) is 6.05. The molecule has 2 amide bonds. The van der Waals surface area contributed by atoms with Crippen molar-refractivity contribution in [1.29, 1.82) is 0 Å². The van der Waals surface area contributed by atoms with Crippen molar-refractivity contribution >= 4 is 28.7 Å². The van der Waals surface area contributed by atoms with Crippen LogP contribution in [0.2, 0.25) is 0 Å². The Labute approximate surface area is 168 Å². The zero-order valence-electron chi connectivity index (χ0n) is 15.6. The molecule has 0 atom stereocenters. The number of fused-ring (bicyclic) bond motifs is 1. The largest absolute Gasteiger partial charge is 0.435 e. The number of carbonyl (C=O) groups excluding carboxylic acids is 2. The van der Waals surface area contributed by atoms with E-state index in [0.29, 0.717) is 16.3 Å². The molecule has 30 heavy (non-hydrogen) atoms. The maximum atomic E-state index is 12.4. The highest BCUT2D eigenvalue weighted by Gasteiger charge is 2.15. The van der Waals surface area contributed by atoms with Crippen molar-refractivity contribution in [2.75, 3.05) is 0 Å². The van der Waals surface area contributed by atoms with E-state index in [2.05, 4.69) is 20.7 Å². The fourth-order valence-corrected chi connectivity index (χ4v) is 2.62. The number of halogens is 2. The lowest BCUT2D eigenvalue weighted by atomic mass is 10.1. The third kappa shape index (κ3) is 4.85. The quantitative estimate of drug-likeness (QED) is 0.491. The van der Waals surface area contributed by atoms with Crippen molar-refractivity contribution in [3.8, 4) is 5.75 Å². The minimum atomic E-state index is -2.92. The summed E-state index contributed by atoms with van der Waals surface area (Å²) in [4.78, 5) is 36.5. The van der Waals surface area contributed by atoms with Crippen LogP contribution in [-0.4, -0.2) is 28.2 Å². The Morgan fingerprint density at radius 3 is 2.40 bits per heavy atom. The second-order valence-electron chi connectivity index (χ2n) is 6.05. The van der Waals surface area contributed by atoms with Crippen LogP contribution in [0.25, 0.3) is 16.8 Å². The van der Waals surface area contributed by atoms with Crippen LogP contribution in [0.3, 0.4) is 0 Å². The van der Waals surface area contributed by atoms with E-state index < -0.39 is 18.4 Å². The van der Waals surface area contributed by atoms with Gasteiger partial charge in [0.05, 0.1) is 5.39 Å². The number of amides is 2. The Morgan fingerprint density at radius 2 is 1.73 bits per heavy atom. The van der Waals surface area contributed by atoms with Gasteiger partial charge >= 0.3 is 6.61 Å². The van der Waals surface area contributed by atoms with Crippen molar-refractivity contribution in [3.05, 3.63) is 76.2 Å². The first kappa shape index (κ1) is 20.6. The van der Waals surface area contributed by atoms with Gasteiger partial charge in [-0.2, -0.15) is 13.9 Å². The topological polar surface area (TPSA) is 102 Å². The van der Waals surface area contributed by atoms with Crippen LogP contribution < -0.4 is 21.1 Å². The highest BCUT2D eigenvalue weighted by atomic mass is 19.3. The average molecular weight is 414 g/mol. The molecule has 0 bridgehead atoms. The summed E-state index contributed by atoms with van der Waals surface area (Å²) in [6.07, 6.45) is 2.57. The zero-order valence-corrected chi connectivity index (χ0v) is 15.6. The predicted molar refractivity (Wildman–Crippen MR) is 105 cm³/mol. The van der Waals surface area contributed by atoms with Gasteiger partial charge in [-0.05, 0) is 29.8 Å². The summed E-state index contributed by atoms with van der Waals surface area (Å²) in [5, 5.41) is 4.64. The summed E-state index contributed by atoms with van der Waals surface area (Å²) < 4.78 is 29.5. The third-order valence-electron chi connectivity index (χ3n) is 4.00. The molecule has 0 aliphatic carbocycles. The van der Waals surface area contributed by atoms with E-state index >= 15 is 0 Å². The first-order valence-corrected chi connectivity index (χ1v) is 8.64. The van der Waals surface area contributed by atoms with Crippen molar-refractivity contribution in [3.63, 3.8) is 0 Å². The lowest BCUT2D eigenvalue weighted by molar-refractivity contribution is -0.117. The van der Waals surface area contributed by atoms with Crippen LogP contribution in [0.5, 0.6) is 5.75 Å². The molecule has 3 aromatic rings. The number of aryl methyl sites for hydroxylation is 1. The normalized spacial score (nSPS) is 11.1. The molecular formula is C20H16F2N4O4. The summed E-state index contributed by atoms with van der Waals surface area (Å²) in [7, 11) is 1.42. The van der Waals surface area contributed by atoms with Crippen LogP contribution in [0.4, 0.5) is 8.78 Å². The summed E-state index contributed by atoms with van der Waals surface area (Å²) in [6, 6.07) is 12.1. The minimum Gasteiger partial charge on any atom is -0.435 e. The van der Waals surface area contributed by atoms with Crippen molar-refractivity contribution in [2.45, 2.75) is 6.61 Å². The van der Waals surface area contributed by atoms with E-state index in [1.165, 1.54) is 37.4 Å². The van der Waals surface area contributed by atoms with Gasteiger partial charge in [0, 0.05) is 18.5 Å². The van der Waals surface area contributed by atoms with Gasteiger partial charge in [-0.1, -0.05) is 30.3 Å². The number of rotatable bonds is 5. The number of ether oxygens (including phenoxy) is 1. The molecule has 0 radical (unpaired) electrons. The van der Waals surface area contributed by atoms with Crippen molar-refractivity contribution < 1.29 is 23.1 Å². The van der Waals surface area contributed by atoms with Crippen LogP contribution in [0.1, 0.15) is 16.1 Å². The molecule has 0 aliphatic heterocycles. The molecule has 0 saturated carbocycles. The zero-order chi connectivity index (χ0) is 21.7. The second kappa shape index (κ2) is 8.95. The number of carbonyl (C=O) groups is 2. The van der Waals surface area contributed by atoms with E-state index in [-0.39, 0.29) is 17.0 Å². The predicted octanol–water partition coefficient (Wildman–Crippen LogP) is 2.01. The van der Waals surface area contributed by atoms with Gasteiger partial charge in [0.15, 0.2) is 5.69 Å². The van der Waals surface area contributed by atoms with Crippen LogP contribution >= 0.6 is 0 Å². The first-order valence-electron chi connectivity index (χ1n) is 8.64. The number of nitrogens with zero attached hydrogens (tertiary/aromatic N) is 2. The standard InChI is InChI=1S/C20H16F2N4O4/c1-26-19(29)15-5-3-2-4-14(15)17(25-26)18(28)24-23-16(27)11-8-12-6-9-13(10-7-12)30-20(21)22/h2-11,20H,1H3,(H,23,27)(H,24,28)/b11-8+. The van der Waals surface area contributed by atoms with Gasteiger partial charge in [-0.3, -0.25) is 25.2 Å². The Balaban J connectivity index is 1.64. The molecule has 0 aliphatic rings. The number of benzene rings is 2. The summed E-state index contributed by atoms with van der Waals surface area (Å²) in [6.45, 7) is -2.92. The molecule has 154 valence electrons. The molecule has 3 rings (SSSR count). The lowest BCUT2D eigenvalue weighted by Gasteiger charge is -2.09. The van der Waals surface area contributed by atoms with Gasteiger partial charge in [-0.25, -0.2) is 4.68 Å². The molecule has 1 aromatic heterocycles. The fourth-order valence-electron chi connectivity index (χ4n) is 2.62. The average Bonchev–Trinajstić information content (AvgIpc) is 2.73. The Hall–Kier alpha value is -4.08. The number of alkyl halides is 2.